The predicted molar refractivity (Wildman–Crippen MR) is 64.8 cm³/mol. The second-order valence-electron chi connectivity index (χ2n) is 4.35. The highest BCUT2D eigenvalue weighted by Gasteiger charge is 2.25. The van der Waals surface area contributed by atoms with Crippen molar-refractivity contribution < 1.29 is 17.6 Å². The maximum atomic E-state index is 13.5. The van der Waals surface area contributed by atoms with Crippen LogP contribution in [0.3, 0.4) is 0 Å². The largest absolute Gasteiger partial charge is 0.413 e. The normalized spacial score (nSPS) is 11.9. The molecule has 18 heavy (non-hydrogen) atoms. The van der Waals surface area contributed by atoms with E-state index in [0.29, 0.717) is 18.9 Å². The molecule has 5 heteroatoms. The quantitative estimate of drug-likeness (QED) is 0.567. The fourth-order valence-corrected chi connectivity index (χ4v) is 2.31. The van der Waals surface area contributed by atoms with E-state index < -0.39 is 23.1 Å². The van der Waals surface area contributed by atoms with Gasteiger partial charge in [0.15, 0.2) is 11.6 Å². The summed E-state index contributed by atoms with van der Waals surface area (Å²) < 4.78 is 44.6. The van der Waals surface area contributed by atoms with Gasteiger partial charge < -0.3 is 4.43 Å². The summed E-state index contributed by atoms with van der Waals surface area (Å²) in [5, 5.41) is 0. The average molecular weight is 273 g/mol. The zero-order valence-corrected chi connectivity index (χ0v) is 11.5. The Morgan fingerprint density at radius 3 is 2.11 bits per heavy atom. The molecule has 1 rings (SSSR count). The van der Waals surface area contributed by atoms with Gasteiger partial charge in [0.25, 0.3) is 0 Å². The molecule has 0 saturated heterocycles. The molecule has 99 valence electrons. The molecule has 0 amide bonds. The standard InChI is InChI=1S/C13H16F3OSi/c1-3-13(4-2,17-18)6-5-9-7-11(15)12(16)8-10(9)14/h7-8H,3-6H2,1-2H3. The van der Waals surface area contributed by atoms with Crippen molar-refractivity contribution in [2.75, 3.05) is 0 Å². The Morgan fingerprint density at radius 1 is 1.06 bits per heavy atom. The Bertz CT molecular complexity index is 397. The van der Waals surface area contributed by atoms with Crippen LogP contribution in [0.2, 0.25) is 0 Å². The van der Waals surface area contributed by atoms with E-state index >= 15 is 0 Å². The lowest BCUT2D eigenvalue weighted by Crippen LogP contribution is -2.31. The molecule has 0 bridgehead atoms. The zero-order valence-electron chi connectivity index (χ0n) is 10.5. The van der Waals surface area contributed by atoms with Gasteiger partial charge >= 0.3 is 0 Å². The van der Waals surface area contributed by atoms with Gasteiger partial charge in [-0.2, -0.15) is 0 Å². The van der Waals surface area contributed by atoms with Crippen LogP contribution >= 0.6 is 0 Å². The van der Waals surface area contributed by atoms with Crippen molar-refractivity contribution in [1.29, 1.82) is 0 Å². The molecule has 0 aliphatic heterocycles. The van der Waals surface area contributed by atoms with Crippen molar-refractivity contribution in [3.8, 4) is 0 Å². The molecule has 0 fully saturated rings. The molecule has 1 aromatic carbocycles. The topological polar surface area (TPSA) is 9.23 Å². The first-order valence-corrected chi connectivity index (χ1v) is 6.37. The minimum Gasteiger partial charge on any atom is -0.413 e. The van der Waals surface area contributed by atoms with Crippen LogP contribution in [0.4, 0.5) is 13.2 Å². The van der Waals surface area contributed by atoms with Gasteiger partial charge in [0.05, 0.1) is 5.60 Å². The van der Waals surface area contributed by atoms with E-state index in [1.165, 1.54) is 0 Å². The third-order valence-electron chi connectivity index (χ3n) is 3.44. The number of hydrogen-bond acceptors (Lipinski definition) is 1. The van der Waals surface area contributed by atoms with Gasteiger partial charge in [0.1, 0.15) is 5.82 Å². The van der Waals surface area contributed by atoms with E-state index in [1.807, 2.05) is 13.8 Å². The van der Waals surface area contributed by atoms with Gasteiger partial charge in [-0.05, 0) is 37.3 Å². The molecule has 0 aliphatic rings. The summed E-state index contributed by atoms with van der Waals surface area (Å²) in [6, 6.07) is 1.49. The molecular formula is C13H16F3OSi. The third-order valence-corrected chi connectivity index (χ3v) is 3.88. The molecule has 3 radical (unpaired) electrons. The minimum atomic E-state index is -1.16. The SMILES string of the molecule is CCC(CC)(CCc1cc(F)c(F)cc1F)O[Si]. The van der Waals surface area contributed by atoms with E-state index in [2.05, 4.69) is 10.5 Å². The predicted octanol–water partition coefficient (Wildman–Crippen LogP) is 3.70. The van der Waals surface area contributed by atoms with Crippen molar-refractivity contribution in [2.24, 2.45) is 0 Å². The molecular weight excluding hydrogens is 257 g/mol. The monoisotopic (exact) mass is 273 g/mol. The number of hydrogen-bond donors (Lipinski definition) is 0. The first-order chi connectivity index (χ1) is 8.48. The Hall–Kier alpha value is -0.813. The zero-order chi connectivity index (χ0) is 13.8. The highest BCUT2D eigenvalue weighted by molar-refractivity contribution is 5.98. The van der Waals surface area contributed by atoms with Crippen molar-refractivity contribution in [3.63, 3.8) is 0 Å². The number of rotatable bonds is 6. The Kier molecular flexibility index (Phi) is 5.41. The maximum Gasteiger partial charge on any atom is 0.247 e. The Labute approximate surface area is 109 Å². The van der Waals surface area contributed by atoms with Crippen LogP contribution in [-0.4, -0.2) is 16.1 Å². The maximum absolute atomic E-state index is 13.5. The summed E-state index contributed by atoms with van der Waals surface area (Å²) in [5.41, 5.74) is -0.238. The van der Waals surface area contributed by atoms with Crippen LogP contribution in [-0.2, 0) is 10.8 Å². The van der Waals surface area contributed by atoms with Crippen LogP contribution in [0.5, 0.6) is 0 Å². The van der Waals surface area contributed by atoms with Crippen LogP contribution in [0.25, 0.3) is 0 Å². The smallest absolute Gasteiger partial charge is 0.247 e. The van der Waals surface area contributed by atoms with Gasteiger partial charge in [-0.15, -0.1) is 0 Å². The number of benzene rings is 1. The second kappa shape index (κ2) is 6.38. The molecule has 0 heterocycles. The summed E-state index contributed by atoms with van der Waals surface area (Å²) >= 11 is 0. The minimum absolute atomic E-state index is 0.170. The van der Waals surface area contributed by atoms with Gasteiger partial charge in [0, 0.05) is 6.07 Å². The van der Waals surface area contributed by atoms with Gasteiger partial charge in [-0.1, -0.05) is 13.8 Å². The highest BCUT2D eigenvalue weighted by atomic mass is 28.2. The second-order valence-corrected chi connectivity index (χ2v) is 4.55. The van der Waals surface area contributed by atoms with Gasteiger partial charge in [-0.25, -0.2) is 13.2 Å². The molecule has 0 spiro atoms. The number of halogens is 3. The van der Waals surface area contributed by atoms with E-state index in [-0.39, 0.29) is 5.56 Å². The third kappa shape index (κ3) is 3.35. The van der Waals surface area contributed by atoms with Crippen molar-refractivity contribution >= 4 is 10.5 Å². The highest BCUT2D eigenvalue weighted by Crippen LogP contribution is 2.26. The van der Waals surface area contributed by atoms with Crippen molar-refractivity contribution in [1.82, 2.24) is 0 Å². The van der Waals surface area contributed by atoms with Crippen molar-refractivity contribution in [3.05, 3.63) is 35.1 Å². The molecule has 0 aliphatic carbocycles. The molecule has 0 unspecified atom stereocenters. The molecule has 1 nitrogen and oxygen atoms in total. The molecule has 0 N–H and O–H groups in total. The van der Waals surface area contributed by atoms with E-state index in [9.17, 15) is 13.2 Å². The first kappa shape index (κ1) is 15.2. The fourth-order valence-electron chi connectivity index (χ4n) is 1.92. The van der Waals surface area contributed by atoms with E-state index in [1.54, 1.807) is 0 Å². The average Bonchev–Trinajstić information content (AvgIpc) is 2.37. The van der Waals surface area contributed by atoms with E-state index in [4.69, 9.17) is 4.43 Å². The lowest BCUT2D eigenvalue weighted by atomic mass is 9.90. The van der Waals surface area contributed by atoms with Gasteiger partial charge in [-0.3, -0.25) is 0 Å². The molecule has 0 saturated carbocycles. The lowest BCUT2D eigenvalue weighted by Gasteiger charge is -2.30. The van der Waals surface area contributed by atoms with Crippen LogP contribution in [0, 0.1) is 17.5 Å². The summed E-state index contributed by atoms with van der Waals surface area (Å²) in [6.07, 6.45) is 2.33. The summed E-state index contributed by atoms with van der Waals surface area (Å²) in [4.78, 5) is 0. The molecule has 1 aromatic rings. The van der Waals surface area contributed by atoms with Crippen LogP contribution in [0.15, 0.2) is 12.1 Å². The lowest BCUT2D eigenvalue weighted by molar-refractivity contribution is 0.0614. The van der Waals surface area contributed by atoms with E-state index in [0.717, 1.165) is 18.9 Å². The first-order valence-electron chi connectivity index (χ1n) is 5.96. The molecule has 0 aromatic heterocycles. The van der Waals surface area contributed by atoms with Crippen molar-refractivity contribution in [2.45, 2.75) is 45.1 Å². The summed E-state index contributed by atoms with van der Waals surface area (Å²) in [7, 11) is 3.03. The summed E-state index contributed by atoms with van der Waals surface area (Å²) in [5.74, 6) is -2.90. The van der Waals surface area contributed by atoms with Crippen LogP contribution in [0.1, 0.15) is 38.7 Å². The fraction of sp³-hybridized carbons (Fsp3) is 0.538. The summed E-state index contributed by atoms with van der Waals surface area (Å²) in [6.45, 7) is 3.93. The van der Waals surface area contributed by atoms with Crippen LogP contribution < -0.4 is 0 Å². The molecule has 0 atom stereocenters. The number of aryl methyl sites for hydroxylation is 1. The Morgan fingerprint density at radius 2 is 1.61 bits per heavy atom. The van der Waals surface area contributed by atoms with Gasteiger partial charge in [0.2, 0.25) is 10.5 Å². The Balaban J connectivity index is 2.83.